The lowest BCUT2D eigenvalue weighted by Gasteiger charge is -2.14. The van der Waals surface area contributed by atoms with E-state index in [1.807, 2.05) is 24.3 Å². The summed E-state index contributed by atoms with van der Waals surface area (Å²) >= 11 is 12.1. The molecule has 0 spiro atoms. The third-order valence-electron chi connectivity index (χ3n) is 5.12. The first kappa shape index (κ1) is 16.1. The molecule has 3 aromatic rings. The standard InChI is InChI=1S/C22H16Cl2N2/c23-17-10-6-14(7-11-17)19-21-20(15-4-2-1-3-5-15)26(21)22(25-19)16-8-12-18(24)13-9-16/h1-13,20-22H/t20-,21-,22+,26?/m1/s1. The quantitative estimate of drug-likeness (QED) is 0.516. The van der Waals surface area contributed by atoms with E-state index in [1.165, 1.54) is 11.1 Å². The van der Waals surface area contributed by atoms with Crippen LogP contribution in [-0.2, 0) is 0 Å². The summed E-state index contributed by atoms with van der Waals surface area (Å²) < 4.78 is 0. The summed E-state index contributed by atoms with van der Waals surface area (Å²) in [5.41, 5.74) is 4.77. The molecule has 2 nitrogen and oxygen atoms in total. The van der Waals surface area contributed by atoms with Gasteiger partial charge in [0.2, 0.25) is 0 Å². The van der Waals surface area contributed by atoms with Crippen LogP contribution in [-0.4, -0.2) is 16.7 Å². The van der Waals surface area contributed by atoms with Gasteiger partial charge in [0.05, 0.1) is 17.8 Å². The molecule has 4 atom stereocenters. The van der Waals surface area contributed by atoms with Crippen molar-refractivity contribution in [1.29, 1.82) is 0 Å². The summed E-state index contributed by atoms with van der Waals surface area (Å²) in [5.74, 6) is 0. The number of halogens is 2. The maximum absolute atomic E-state index is 6.07. The predicted octanol–water partition coefficient (Wildman–Crippen LogP) is 5.92. The van der Waals surface area contributed by atoms with Gasteiger partial charge in [0.25, 0.3) is 0 Å². The molecule has 1 fully saturated rings. The summed E-state index contributed by atoms with van der Waals surface area (Å²) in [6.07, 6.45) is 0.0214. The average molecular weight is 379 g/mol. The Hall–Kier alpha value is -2.13. The maximum Gasteiger partial charge on any atom is 0.129 e. The van der Waals surface area contributed by atoms with Crippen molar-refractivity contribution in [2.75, 3.05) is 0 Å². The lowest BCUT2D eigenvalue weighted by atomic mass is 10.0. The van der Waals surface area contributed by atoms with E-state index in [-0.39, 0.29) is 6.17 Å². The average Bonchev–Trinajstić information content (AvgIpc) is 3.29. The van der Waals surface area contributed by atoms with E-state index in [9.17, 15) is 0 Å². The van der Waals surface area contributed by atoms with Crippen molar-refractivity contribution >= 4 is 28.9 Å². The van der Waals surface area contributed by atoms with Crippen LogP contribution in [0, 0.1) is 0 Å². The minimum absolute atomic E-state index is 0.0214. The van der Waals surface area contributed by atoms with Crippen molar-refractivity contribution in [2.24, 2.45) is 4.99 Å². The number of benzene rings is 3. The third-order valence-corrected chi connectivity index (χ3v) is 5.63. The molecule has 0 bridgehead atoms. The highest BCUT2D eigenvalue weighted by Crippen LogP contribution is 2.55. The Morgan fingerprint density at radius 1 is 0.654 bits per heavy atom. The zero-order valence-corrected chi connectivity index (χ0v) is 15.4. The van der Waals surface area contributed by atoms with E-state index >= 15 is 0 Å². The number of fused-ring (bicyclic) bond motifs is 1. The molecule has 0 N–H and O–H groups in total. The Labute approximate surface area is 162 Å². The van der Waals surface area contributed by atoms with Crippen LogP contribution in [0.5, 0.6) is 0 Å². The molecule has 2 heterocycles. The molecular weight excluding hydrogens is 363 g/mol. The fourth-order valence-electron chi connectivity index (χ4n) is 3.87. The van der Waals surface area contributed by atoms with Crippen molar-refractivity contribution in [3.8, 4) is 0 Å². The van der Waals surface area contributed by atoms with Gasteiger partial charge in [0, 0.05) is 10.0 Å². The van der Waals surface area contributed by atoms with Gasteiger partial charge in [0.15, 0.2) is 0 Å². The third kappa shape index (κ3) is 2.66. The number of hydrogen-bond donors (Lipinski definition) is 0. The topological polar surface area (TPSA) is 15.4 Å². The second-order valence-electron chi connectivity index (χ2n) is 6.69. The highest BCUT2D eigenvalue weighted by atomic mass is 35.5. The molecule has 5 rings (SSSR count). The largest absolute Gasteiger partial charge is 0.263 e. The fourth-order valence-corrected chi connectivity index (χ4v) is 4.12. The van der Waals surface area contributed by atoms with Crippen molar-refractivity contribution < 1.29 is 0 Å². The van der Waals surface area contributed by atoms with Gasteiger partial charge < -0.3 is 0 Å². The summed E-state index contributed by atoms with van der Waals surface area (Å²) in [7, 11) is 0. The molecule has 1 unspecified atom stereocenters. The Bertz CT molecular complexity index is 965. The molecule has 26 heavy (non-hydrogen) atoms. The van der Waals surface area contributed by atoms with Crippen LogP contribution >= 0.6 is 23.2 Å². The molecule has 0 aromatic heterocycles. The van der Waals surface area contributed by atoms with Crippen LogP contribution in [0.1, 0.15) is 28.9 Å². The van der Waals surface area contributed by atoms with E-state index in [2.05, 4.69) is 59.5 Å². The normalized spacial score (nSPS) is 26.3. The molecule has 2 aliphatic rings. The van der Waals surface area contributed by atoms with Crippen LogP contribution in [0.4, 0.5) is 0 Å². The van der Waals surface area contributed by atoms with Crippen LogP contribution in [0.15, 0.2) is 83.9 Å². The van der Waals surface area contributed by atoms with Gasteiger partial charge >= 0.3 is 0 Å². The lowest BCUT2D eigenvalue weighted by molar-refractivity contribution is 0.404. The SMILES string of the molecule is Clc1ccc(C2=N[C@H](c3ccc(Cl)cc3)N3[C@H]2[C@H]3c2ccccc2)cc1. The van der Waals surface area contributed by atoms with Gasteiger partial charge in [-0.1, -0.05) is 77.8 Å². The van der Waals surface area contributed by atoms with Crippen molar-refractivity contribution in [1.82, 2.24) is 4.90 Å². The van der Waals surface area contributed by atoms with Crippen LogP contribution in [0.2, 0.25) is 10.0 Å². The van der Waals surface area contributed by atoms with E-state index < -0.39 is 0 Å². The van der Waals surface area contributed by atoms with Gasteiger partial charge in [-0.25, -0.2) is 0 Å². The molecule has 0 radical (unpaired) electrons. The summed E-state index contributed by atoms with van der Waals surface area (Å²) in [6.45, 7) is 0. The minimum Gasteiger partial charge on any atom is -0.263 e. The van der Waals surface area contributed by atoms with Crippen LogP contribution in [0.25, 0.3) is 0 Å². The van der Waals surface area contributed by atoms with Crippen molar-refractivity contribution in [3.05, 3.63) is 106 Å². The molecule has 3 aromatic carbocycles. The molecule has 4 heteroatoms. The summed E-state index contributed by atoms with van der Waals surface area (Å²) in [6, 6.07) is 27.3. The van der Waals surface area contributed by atoms with Gasteiger partial charge in [-0.2, -0.15) is 0 Å². The minimum atomic E-state index is 0.0214. The van der Waals surface area contributed by atoms with E-state index in [0.29, 0.717) is 12.1 Å². The Balaban J connectivity index is 1.56. The van der Waals surface area contributed by atoms with Gasteiger partial charge in [-0.15, -0.1) is 0 Å². The Morgan fingerprint density at radius 2 is 1.27 bits per heavy atom. The van der Waals surface area contributed by atoms with Crippen LogP contribution in [0.3, 0.4) is 0 Å². The maximum atomic E-state index is 6.07. The van der Waals surface area contributed by atoms with Gasteiger partial charge in [-0.05, 0) is 41.0 Å². The molecule has 0 amide bonds. The smallest absolute Gasteiger partial charge is 0.129 e. The van der Waals surface area contributed by atoms with Gasteiger partial charge in [0.1, 0.15) is 6.17 Å². The predicted molar refractivity (Wildman–Crippen MR) is 107 cm³/mol. The molecule has 0 aliphatic carbocycles. The molecule has 1 saturated heterocycles. The number of aliphatic imine (C=N–C) groups is 1. The van der Waals surface area contributed by atoms with Gasteiger partial charge in [-0.3, -0.25) is 9.89 Å². The monoisotopic (exact) mass is 378 g/mol. The fraction of sp³-hybridized carbons (Fsp3) is 0.136. The van der Waals surface area contributed by atoms with E-state index in [4.69, 9.17) is 28.2 Å². The molecule has 128 valence electrons. The number of nitrogens with zero attached hydrogens (tertiary/aromatic N) is 2. The summed E-state index contributed by atoms with van der Waals surface area (Å²) in [5, 5.41) is 1.49. The highest BCUT2D eigenvalue weighted by Gasteiger charge is 2.59. The second-order valence-corrected chi connectivity index (χ2v) is 7.57. The highest BCUT2D eigenvalue weighted by molar-refractivity contribution is 6.31. The second kappa shape index (κ2) is 6.24. The first-order valence-corrected chi connectivity index (χ1v) is 9.39. The number of hydrogen-bond acceptors (Lipinski definition) is 2. The number of rotatable bonds is 3. The first-order valence-electron chi connectivity index (χ1n) is 8.64. The lowest BCUT2D eigenvalue weighted by Crippen LogP contribution is -2.08. The first-order chi connectivity index (χ1) is 12.7. The molecule has 2 aliphatic heterocycles. The van der Waals surface area contributed by atoms with E-state index in [1.54, 1.807) is 0 Å². The van der Waals surface area contributed by atoms with Crippen molar-refractivity contribution in [2.45, 2.75) is 18.2 Å². The Kier molecular flexibility index (Phi) is 3.86. The summed E-state index contributed by atoms with van der Waals surface area (Å²) in [4.78, 5) is 7.51. The molecule has 0 saturated carbocycles. The van der Waals surface area contributed by atoms with Crippen LogP contribution < -0.4 is 0 Å². The zero-order chi connectivity index (χ0) is 17.7. The van der Waals surface area contributed by atoms with E-state index in [0.717, 1.165) is 21.3 Å². The van der Waals surface area contributed by atoms with Crippen molar-refractivity contribution in [3.63, 3.8) is 0 Å². The zero-order valence-electron chi connectivity index (χ0n) is 13.9. The Morgan fingerprint density at radius 3 is 1.92 bits per heavy atom. The molecular formula is C22H16Cl2N2.